The van der Waals surface area contributed by atoms with Crippen LogP contribution in [0.4, 0.5) is 5.69 Å². The molecule has 0 aliphatic heterocycles. The van der Waals surface area contributed by atoms with E-state index in [-0.39, 0.29) is 10.3 Å². The Morgan fingerprint density at radius 2 is 1.59 bits per heavy atom. The highest BCUT2D eigenvalue weighted by Crippen LogP contribution is 2.25. The number of aryl methyl sites for hydroxylation is 1. The van der Waals surface area contributed by atoms with Gasteiger partial charge < -0.3 is 0 Å². The minimum atomic E-state index is -3.61. The molecule has 0 atom stereocenters. The molecule has 2 aromatic carbocycles. The van der Waals surface area contributed by atoms with Gasteiger partial charge in [0.15, 0.2) is 0 Å². The zero-order valence-corrected chi connectivity index (χ0v) is 14.7. The number of nitrogens with one attached hydrogen (secondary N) is 1. The second kappa shape index (κ2) is 5.94. The first-order valence-corrected chi connectivity index (χ1v) is 8.85. The van der Waals surface area contributed by atoms with Crippen LogP contribution < -0.4 is 4.72 Å². The van der Waals surface area contributed by atoms with Gasteiger partial charge in [-0.15, -0.1) is 0 Å². The summed E-state index contributed by atoms with van der Waals surface area (Å²) in [6, 6.07) is 12.1. The SMILES string of the molecule is Cc1cc(S(=O)(=O)Nc2ccc(C(C)(C)C)cc2)ccc1Cl. The molecule has 0 saturated heterocycles. The number of benzene rings is 2. The summed E-state index contributed by atoms with van der Waals surface area (Å²) in [5, 5.41) is 0.550. The molecule has 0 spiro atoms. The van der Waals surface area contributed by atoms with Crippen molar-refractivity contribution in [3.63, 3.8) is 0 Å². The van der Waals surface area contributed by atoms with Gasteiger partial charge in [0.05, 0.1) is 4.90 Å². The van der Waals surface area contributed by atoms with Crippen LogP contribution in [0.3, 0.4) is 0 Å². The maximum atomic E-state index is 12.4. The lowest BCUT2D eigenvalue weighted by Gasteiger charge is -2.19. The smallest absolute Gasteiger partial charge is 0.261 e. The number of sulfonamides is 1. The van der Waals surface area contributed by atoms with Gasteiger partial charge in [0.25, 0.3) is 10.0 Å². The van der Waals surface area contributed by atoms with Crippen molar-refractivity contribution in [2.24, 2.45) is 0 Å². The van der Waals surface area contributed by atoms with Gasteiger partial charge in [-0.2, -0.15) is 0 Å². The maximum absolute atomic E-state index is 12.4. The third kappa shape index (κ3) is 3.81. The molecule has 0 amide bonds. The lowest BCUT2D eigenvalue weighted by atomic mass is 9.87. The van der Waals surface area contributed by atoms with Gasteiger partial charge in [-0.25, -0.2) is 8.42 Å². The molecule has 2 aromatic rings. The molecule has 0 unspecified atom stereocenters. The third-order valence-corrected chi connectivity index (χ3v) is 5.25. The van der Waals surface area contributed by atoms with Gasteiger partial charge >= 0.3 is 0 Å². The summed E-state index contributed by atoms with van der Waals surface area (Å²) in [6.45, 7) is 8.12. The summed E-state index contributed by atoms with van der Waals surface area (Å²) < 4.78 is 27.4. The van der Waals surface area contributed by atoms with E-state index in [1.165, 1.54) is 6.07 Å². The van der Waals surface area contributed by atoms with Gasteiger partial charge in [0, 0.05) is 10.7 Å². The van der Waals surface area contributed by atoms with E-state index in [9.17, 15) is 8.42 Å². The number of hydrogen-bond acceptors (Lipinski definition) is 2. The fourth-order valence-corrected chi connectivity index (χ4v) is 3.30. The van der Waals surface area contributed by atoms with Gasteiger partial charge in [-0.05, 0) is 53.8 Å². The molecule has 0 saturated carbocycles. The zero-order valence-electron chi connectivity index (χ0n) is 13.1. The molecule has 0 aliphatic rings. The molecular formula is C17H20ClNO2S. The van der Waals surface area contributed by atoms with Crippen LogP contribution >= 0.6 is 11.6 Å². The largest absolute Gasteiger partial charge is 0.280 e. The molecule has 5 heteroatoms. The fourth-order valence-electron chi connectivity index (χ4n) is 2.04. The average Bonchev–Trinajstić information content (AvgIpc) is 2.41. The highest BCUT2D eigenvalue weighted by atomic mass is 35.5. The normalized spacial score (nSPS) is 12.2. The topological polar surface area (TPSA) is 46.2 Å². The van der Waals surface area contributed by atoms with Crippen LogP contribution in [0.25, 0.3) is 0 Å². The predicted molar refractivity (Wildman–Crippen MR) is 92.1 cm³/mol. The lowest BCUT2D eigenvalue weighted by molar-refractivity contribution is 0.590. The highest BCUT2D eigenvalue weighted by Gasteiger charge is 2.17. The van der Waals surface area contributed by atoms with E-state index >= 15 is 0 Å². The number of rotatable bonds is 3. The molecule has 0 heterocycles. The van der Waals surface area contributed by atoms with E-state index in [1.54, 1.807) is 31.2 Å². The number of anilines is 1. The van der Waals surface area contributed by atoms with Crippen molar-refractivity contribution in [1.29, 1.82) is 0 Å². The Morgan fingerprint density at radius 1 is 1.00 bits per heavy atom. The van der Waals surface area contributed by atoms with Gasteiger partial charge in [0.1, 0.15) is 0 Å². The monoisotopic (exact) mass is 337 g/mol. The van der Waals surface area contributed by atoms with E-state index in [1.807, 2.05) is 12.1 Å². The summed E-state index contributed by atoms with van der Waals surface area (Å²) in [7, 11) is -3.61. The van der Waals surface area contributed by atoms with Crippen LogP contribution in [0.5, 0.6) is 0 Å². The Balaban J connectivity index is 2.27. The summed E-state index contributed by atoms with van der Waals surface area (Å²) in [6.07, 6.45) is 0. The van der Waals surface area contributed by atoms with Gasteiger partial charge in [-0.1, -0.05) is 44.5 Å². The average molecular weight is 338 g/mol. The predicted octanol–water partition coefficient (Wildman–Crippen LogP) is 4.75. The summed E-state index contributed by atoms with van der Waals surface area (Å²) in [4.78, 5) is 0.203. The van der Waals surface area contributed by atoms with Crippen LogP contribution in [0.15, 0.2) is 47.4 Å². The Bertz CT molecular complexity index is 775. The van der Waals surface area contributed by atoms with Crippen LogP contribution in [0.2, 0.25) is 5.02 Å². The summed E-state index contributed by atoms with van der Waals surface area (Å²) >= 11 is 5.94. The molecule has 1 N–H and O–H groups in total. The van der Waals surface area contributed by atoms with E-state index in [4.69, 9.17) is 11.6 Å². The van der Waals surface area contributed by atoms with E-state index in [0.717, 1.165) is 11.1 Å². The van der Waals surface area contributed by atoms with Gasteiger partial charge in [0.2, 0.25) is 0 Å². The first-order valence-electron chi connectivity index (χ1n) is 6.99. The number of hydrogen-bond donors (Lipinski definition) is 1. The molecule has 22 heavy (non-hydrogen) atoms. The molecule has 3 nitrogen and oxygen atoms in total. The molecule has 118 valence electrons. The first kappa shape index (κ1) is 16.8. The van der Waals surface area contributed by atoms with Crippen molar-refractivity contribution in [3.8, 4) is 0 Å². The van der Waals surface area contributed by atoms with Crippen LogP contribution in [0, 0.1) is 6.92 Å². The van der Waals surface area contributed by atoms with Crippen molar-refractivity contribution >= 4 is 27.3 Å². The van der Waals surface area contributed by atoms with Crippen LogP contribution in [-0.2, 0) is 15.4 Å². The molecule has 2 rings (SSSR count). The zero-order chi connectivity index (χ0) is 16.5. The van der Waals surface area contributed by atoms with Crippen molar-refractivity contribution in [3.05, 3.63) is 58.6 Å². The summed E-state index contributed by atoms with van der Waals surface area (Å²) in [5.74, 6) is 0. The molecule has 0 radical (unpaired) electrons. The van der Waals surface area contributed by atoms with Gasteiger partial charge in [-0.3, -0.25) is 4.72 Å². The van der Waals surface area contributed by atoms with Crippen LogP contribution in [-0.4, -0.2) is 8.42 Å². The Hall–Kier alpha value is -1.52. The minimum absolute atomic E-state index is 0.0324. The molecule has 0 fully saturated rings. The van der Waals surface area contributed by atoms with Crippen molar-refractivity contribution in [2.75, 3.05) is 4.72 Å². The van der Waals surface area contributed by atoms with Crippen molar-refractivity contribution < 1.29 is 8.42 Å². The molecule has 0 bridgehead atoms. The Morgan fingerprint density at radius 3 is 2.09 bits per heavy atom. The first-order chi connectivity index (χ1) is 10.1. The molecular weight excluding hydrogens is 318 g/mol. The standard InChI is InChI=1S/C17H20ClNO2S/c1-12-11-15(9-10-16(12)18)22(20,21)19-14-7-5-13(6-8-14)17(2,3)4/h5-11,19H,1-4H3. The quantitative estimate of drug-likeness (QED) is 0.878. The Labute approximate surface area is 137 Å². The third-order valence-electron chi connectivity index (χ3n) is 3.44. The lowest BCUT2D eigenvalue weighted by Crippen LogP contribution is -2.14. The van der Waals surface area contributed by atoms with E-state index in [0.29, 0.717) is 10.7 Å². The second-order valence-corrected chi connectivity index (χ2v) is 8.43. The minimum Gasteiger partial charge on any atom is -0.280 e. The van der Waals surface area contributed by atoms with Crippen LogP contribution in [0.1, 0.15) is 31.9 Å². The van der Waals surface area contributed by atoms with Crippen molar-refractivity contribution in [1.82, 2.24) is 0 Å². The van der Waals surface area contributed by atoms with E-state index < -0.39 is 10.0 Å². The highest BCUT2D eigenvalue weighted by molar-refractivity contribution is 7.92. The van der Waals surface area contributed by atoms with E-state index in [2.05, 4.69) is 25.5 Å². The molecule has 0 aromatic heterocycles. The number of halogens is 1. The molecule has 0 aliphatic carbocycles. The maximum Gasteiger partial charge on any atom is 0.261 e. The summed E-state index contributed by atoms with van der Waals surface area (Å²) in [5.41, 5.74) is 2.45. The van der Waals surface area contributed by atoms with Crippen molar-refractivity contribution in [2.45, 2.75) is 38.0 Å². The second-order valence-electron chi connectivity index (χ2n) is 6.34. The Kier molecular flexibility index (Phi) is 4.54. The fraction of sp³-hybridized carbons (Fsp3) is 0.294.